The van der Waals surface area contributed by atoms with Gasteiger partial charge < -0.3 is 15.2 Å². The van der Waals surface area contributed by atoms with Crippen LogP contribution in [0.3, 0.4) is 0 Å². The second-order valence-electron chi connectivity index (χ2n) is 5.05. The first-order valence-corrected chi connectivity index (χ1v) is 6.46. The summed E-state index contributed by atoms with van der Waals surface area (Å²) in [5.41, 5.74) is 1.04. The SMILES string of the molecule is O=C1CCC(N2CC(c3ccc[nH]3)NC2=O)CC1. The van der Waals surface area contributed by atoms with Gasteiger partial charge in [0.15, 0.2) is 0 Å². The third kappa shape index (κ3) is 2.00. The molecule has 1 saturated heterocycles. The molecule has 2 aliphatic rings. The highest BCUT2D eigenvalue weighted by Gasteiger charge is 2.36. The normalized spacial score (nSPS) is 25.6. The molecule has 0 spiro atoms. The number of hydrogen-bond acceptors (Lipinski definition) is 2. The summed E-state index contributed by atoms with van der Waals surface area (Å²) in [4.78, 5) is 28.2. The summed E-state index contributed by atoms with van der Waals surface area (Å²) in [5, 5.41) is 2.99. The monoisotopic (exact) mass is 247 g/mol. The Hall–Kier alpha value is -1.78. The van der Waals surface area contributed by atoms with E-state index in [0.29, 0.717) is 25.2 Å². The van der Waals surface area contributed by atoms with Gasteiger partial charge in [0.25, 0.3) is 0 Å². The van der Waals surface area contributed by atoms with Crippen LogP contribution >= 0.6 is 0 Å². The molecule has 1 aliphatic heterocycles. The minimum absolute atomic E-state index is 0.00560. The van der Waals surface area contributed by atoms with Crippen LogP contribution in [0.15, 0.2) is 18.3 Å². The van der Waals surface area contributed by atoms with Crippen LogP contribution in [-0.2, 0) is 4.79 Å². The number of rotatable bonds is 2. The Balaban J connectivity index is 1.67. The van der Waals surface area contributed by atoms with Crippen molar-refractivity contribution in [3.8, 4) is 0 Å². The molecule has 0 bridgehead atoms. The van der Waals surface area contributed by atoms with E-state index in [2.05, 4.69) is 10.3 Å². The molecule has 2 N–H and O–H groups in total. The van der Waals surface area contributed by atoms with Crippen molar-refractivity contribution in [2.45, 2.75) is 37.8 Å². The highest BCUT2D eigenvalue weighted by atomic mass is 16.2. The number of hydrogen-bond donors (Lipinski definition) is 2. The van der Waals surface area contributed by atoms with Crippen LogP contribution < -0.4 is 5.32 Å². The first kappa shape index (κ1) is 11.3. The van der Waals surface area contributed by atoms with Crippen molar-refractivity contribution >= 4 is 11.8 Å². The standard InChI is InChI=1S/C13H17N3O2/c17-10-5-3-9(4-6-10)16-8-12(15-13(16)18)11-2-1-7-14-11/h1-2,7,9,12,14H,3-6,8H2,(H,15,18). The number of carbonyl (C=O) groups excluding carboxylic acids is 2. The zero-order chi connectivity index (χ0) is 12.5. The van der Waals surface area contributed by atoms with Gasteiger partial charge in [-0.05, 0) is 25.0 Å². The van der Waals surface area contributed by atoms with Gasteiger partial charge in [-0.3, -0.25) is 4.79 Å². The van der Waals surface area contributed by atoms with Crippen LogP contribution in [0.5, 0.6) is 0 Å². The van der Waals surface area contributed by atoms with E-state index in [-0.39, 0.29) is 18.1 Å². The number of nitrogens with one attached hydrogen (secondary N) is 2. The molecule has 1 atom stereocenters. The van der Waals surface area contributed by atoms with Gasteiger partial charge in [-0.1, -0.05) is 0 Å². The number of H-pyrrole nitrogens is 1. The quantitative estimate of drug-likeness (QED) is 0.833. The summed E-state index contributed by atoms with van der Waals surface area (Å²) < 4.78 is 0. The van der Waals surface area contributed by atoms with E-state index >= 15 is 0 Å². The van der Waals surface area contributed by atoms with E-state index < -0.39 is 0 Å². The van der Waals surface area contributed by atoms with Gasteiger partial charge >= 0.3 is 6.03 Å². The molecule has 1 unspecified atom stereocenters. The van der Waals surface area contributed by atoms with Gasteiger partial charge in [-0.2, -0.15) is 0 Å². The Morgan fingerprint density at radius 2 is 2.00 bits per heavy atom. The molecule has 2 fully saturated rings. The minimum Gasteiger partial charge on any atom is -0.363 e. The maximum atomic E-state index is 12.0. The van der Waals surface area contributed by atoms with Crippen molar-refractivity contribution in [2.75, 3.05) is 6.54 Å². The van der Waals surface area contributed by atoms with Crippen LogP contribution in [0.1, 0.15) is 37.4 Å². The maximum absolute atomic E-state index is 12.0. The molecule has 1 saturated carbocycles. The van der Waals surface area contributed by atoms with Crippen molar-refractivity contribution in [1.82, 2.24) is 15.2 Å². The van der Waals surface area contributed by atoms with Gasteiger partial charge in [0.05, 0.1) is 6.04 Å². The molecule has 0 radical (unpaired) electrons. The summed E-state index contributed by atoms with van der Waals surface area (Å²) in [7, 11) is 0. The number of aromatic nitrogens is 1. The van der Waals surface area contributed by atoms with Gasteiger partial charge in [-0.15, -0.1) is 0 Å². The van der Waals surface area contributed by atoms with E-state index in [1.54, 1.807) is 0 Å². The molecule has 2 amide bonds. The van der Waals surface area contributed by atoms with Gasteiger partial charge in [-0.25, -0.2) is 4.79 Å². The molecular weight excluding hydrogens is 230 g/mol. The molecule has 96 valence electrons. The summed E-state index contributed by atoms with van der Waals surface area (Å²) in [6, 6.07) is 4.18. The number of aromatic amines is 1. The van der Waals surface area contributed by atoms with E-state index in [0.717, 1.165) is 18.5 Å². The predicted octanol–water partition coefficient (Wildman–Crippen LogP) is 1.59. The lowest BCUT2D eigenvalue weighted by atomic mass is 9.93. The Bertz CT molecular complexity index is 445. The second kappa shape index (κ2) is 4.48. The number of carbonyl (C=O) groups is 2. The Morgan fingerprint density at radius 1 is 1.22 bits per heavy atom. The van der Waals surface area contributed by atoms with E-state index in [4.69, 9.17) is 0 Å². The third-order valence-corrected chi connectivity index (χ3v) is 3.89. The molecule has 5 nitrogen and oxygen atoms in total. The van der Waals surface area contributed by atoms with E-state index in [1.165, 1.54) is 0 Å². The fraction of sp³-hybridized carbons (Fsp3) is 0.538. The Morgan fingerprint density at radius 3 is 2.67 bits per heavy atom. The highest BCUT2D eigenvalue weighted by molar-refractivity contribution is 5.80. The van der Waals surface area contributed by atoms with Crippen molar-refractivity contribution in [1.29, 1.82) is 0 Å². The zero-order valence-corrected chi connectivity index (χ0v) is 10.2. The molecule has 1 aromatic heterocycles. The van der Waals surface area contributed by atoms with Crippen molar-refractivity contribution < 1.29 is 9.59 Å². The summed E-state index contributed by atoms with van der Waals surface area (Å²) >= 11 is 0. The maximum Gasteiger partial charge on any atom is 0.318 e. The summed E-state index contributed by atoms with van der Waals surface area (Å²) in [6.45, 7) is 0.693. The highest BCUT2D eigenvalue weighted by Crippen LogP contribution is 2.26. The fourth-order valence-corrected chi connectivity index (χ4v) is 2.85. The number of Topliss-reactive ketones (excluding diaryl/α,β-unsaturated/α-hetero) is 1. The van der Waals surface area contributed by atoms with E-state index in [9.17, 15) is 9.59 Å². The smallest absolute Gasteiger partial charge is 0.318 e. The Labute approximate surface area is 106 Å². The van der Waals surface area contributed by atoms with Gasteiger partial charge in [0, 0.05) is 37.3 Å². The van der Waals surface area contributed by atoms with E-state index in [1.807, 2.05) is 23.2 Å². The van der Waals surface area contributed by atoms with Crippen LogP contribution in [0.4, 0.5) is 4.79 Å². The third-order valence-electron chi connectivity index (χ3n) is 3.89. The van der Waals surface area contributed by atoms with Gasteiger partial charge in [0.2, 0.25) is 0 Å². The van der Waals surface area contributed by atoms with Crippen LogP contribution in [0.2, 0.25) is 0 Å². The fourth-order valence-electron chi connectivity index (χ4n) is 2.85. The molecule has 2 heterocycles. The average Bonchev–Trinajstić information content (AvgIpc) is 2.99. The Kier molecular flexibility index (Phi) is 2.81. The van der Waals surface area contributed by atoms with Crippen LogP contribution in [0, 0.1) is 0 Å². The average molecular weight is 247 g/mol. The largest absolute Gasteiger partial charge is 0.363 e. The molecule has 1 aliphatic carbocycles. The molecule has 5 heteroatoms. The molecule has 18 heavy (non-hydrogen) atoms. The van der Waals surface area contributed by atoms with Crippen molar-refractivity contribution in [3.05, 3.63) is 24.0 Å². The van der Waals surface area contributed by atoms with Crippen molar-refractivity contribution in [3.63, 3.8) is 0 Å². The molecule has 1 aromatic rings. The van der Waals surface area contributed by atoms with Crippen LogP contribution in [0.25, 0.3) is 0 Å². The van der Waals surface area contributed by atoms with Gasteiger partial charge in [0.1, 0.15) is 5.78 Å². The predicted molar refractivity (Wildman–Crippen MR) is 66.0 cm³/mol. The number of urea groups is 1. The minimum atomic E-state index is -0.00560. The lowest BCUT2D eigenvalue weighted by Crippen LogP contribution is -2.40. The lowest BCUT2D eigenvalue weighted by molar-refractivity contribution is -0.121. The molecular formula is C13H17N3O2. The number of amides is 2. The van der Waals surface area contributed by atoms with Crippen molar-refractivity contribution in [2.24, 2.45) is 0 Å². The summed E-state index contributed by atoms with van der Waals surface area (Å²) in [5.74, 6) is 0.326. The zero-order valence-electron chi connectivity index (χ0n) is 10.2. The number of ketones is 1. The topological polar surface area (TPSA) is 65.2 Å². The van der Waals surface area contributed by atoms with Crippen LogP contribution in [-0.4, -0.2) is 34.3 Å². The molecule has 0 aromatic carbocycles. The number of nitrogens with zero attached hydrogens (tertiary/aromatic N) is 1. The first-order valence-electron chi connectivity index (χ1n) is 6.46. The first-order chi connectivity index (χ1) is 8.74. The lowest BCUT2D eigenvalue weighted by Gasteiger charge is -2.29. The second-order valence-corrected chi connectivity index (χ2v) is 5.05. The summed E-state index contributed by atoms with van der Waals surface area (Å²) in [6.07, 6.45) is 4.71. The molecule has 3 rings (SSSR count).